The first-order valence-electron chi connectivity index (χ1n) is 7.38. The zero-order valence-corrected chi connectivity index (χ0v) is 12.3. The Morgan fingerprint density at radius 1 is 1.22 bits per heavy atom. The minimum atomic E-state index is -4.17. The van der Waals surface area contributed by atoms with E-state index in [1.54, 1.807) is 12.1 Å². The van der Waals surface area contributed by atoms with Crippen LogP contribution in [0.2, 0.25) is 0 Å². The van der Waals surface area contributed by atoms with Gasteiger partial charge in [0.05, 0.1) is 6.54 Å². The van der Waals surface area contributed by atoms with Crippen LogP contribution in [0, 0.1) is 5.92 Å². The first-order chi connectivity index (χ1) is 10.8. The summed E-state index contributed by atoms with van der Waals surface area (Å²) < 4.78 is 48.6. The molecule has 0 aliphatic carbocycles. The topological polar surface area (TPSA) is 64.8 Å². The highest BCUT2D eigenvalue weighted by Gasteiger charge is 2.37. The molecule has 0 bridgehead atoms. The van der Waals surface area contributed by atoms with Gasteiger partial charge in [0.15, 0.2) is 11.5 Å². The number of benzene rings is 1. The van der Waals surface area contributed by atoms with Crippen molar-refractivity contribution in [3.8, 4) is 11.5 Å². The maximum absolute atomic E-state index is 12.4. The quantitative estimate of drug-likeness (QED) is 0.922. The van der Waals surface area contributed by atoms with Crippen LogP contribution in [0.5, 0.6) is 11.5 Å². The third-order valence-electron chi connectivity index (χ3n) is 4.13. The van der Waals surface area contributed by atoms with E-state index in [0.29, 0.717) is 43.0 Å². The lowest BCUT2D eigenvalue weighted by Gasteiger charge is -2.33. The van der Waals surface area contributed by atoms with Crippen LogP contribution in [0.3, 0.4) is 0 Å². The molecule has 1 aromatic carbocycles. The fourth-order valence-electron chi connectivity index (χ4n) is 2.95. The molecule has 0 spiro atoms. The van der Waals surface area contributed by atoms with Gasteiger partial charge in [-0.05, 0) is 44.1 Å². The molecule has 126 valence electrons. The fourth-order valence-corrected chi connectivity index (χ4v) is 2.95. The first-order valence-corrected chi connectivity index (χ1v) is 7.38. The molecule has 5 nitrogen and oxygen atoms in total. The standard InChI is InChI=1S/C15H17F3N2O3/c16-15(17,18)8-20-5-3-9(4-6-20)14-22-11-2-1-10(13(19)21)7-12(11)23-14/h1-2,7,9,14H,3-6,8H2,(H2,19,21). The number of halogens is 3. The highest BCUT2D eigenvalue weighted by molar-refractivity contribution is 5.93. The molecular weight excluding hydrogens is 313 g/mol. The van der Waals surface area contributed by atoms with Gasteiger partial charge in [0, 0.05) is 11.5 Å². The number of rotatable bonds is 3. The maximum Gasteiger partial charge on any atom is 0.401 e. The number of carbonyl (C=O) groups excluding carboxylic acids is 1. The van der Waals surface area contributed by atoms with Gasteiger partial charge >= 0.3 is 6.18 Å². The average molecular weight is 330 g/mol. The van der Waals surface area contributed by atoms with E-state index in [1.165, 1.54) is 11.0 Å². The Labute approximate surface area is 131 Å². The summed E-state index contributed by atoms with van der Waals surface area (Å²) in [4.78, 5) is 12.6. The van der Waals surface area contributed by atoms with E-state index in [0.717, 1.165) is 0 Å². The van der Waals surface area contributed by atoms with Gasteiger partial charge in [0.1, 0.15) is 0 Å². The molecule has 2 N–H and O–H groups in total. The predicted molar refractivity (Wildman–Crippen MR) is 75.2 cm³/mol. The third-order valence-corrected chi connectivity index (χ3v) is 4.13. The van der Waals surface area contributed by atoms with Crippen LogP contribution in [-0.4, -0.2) is 42.9 Å². The number of nitrogens with two attached hydrogens (primary N) is 1. The van der Waals surface area contributed by atoms with E-state index in [2.05, 4.69) is 0 Å². The molecule has 0 saturated carbocycles. The summed E-state index contributed by atoms with van der Waals surface area (Å²) in [5, 5.41) is 0. The minimum absolute atomic E-state index is 0.0175. The fraction of sp³-hybridized carbons (Fsp3) is 0.533. The Kier molecular flexibility index (Phi) is 4.09. The molecule has 0 radical (unpaired) electrons. The Morgan fingerprint density at radius 2 is 1.87 bits per heavy atom. The molecular formula is C15H17F3N2O3. The van der Waals surface area contributed by atoms with Gasteiger partial charge in [-0.2, -0.15) is 13.2 Å². The minimum Gasteiger partial charge on any atom is -0.451 e. The summed E-state index contributed by atoms with van der Waals surface area (Å²) >= 11 is 0. The molecule has 1 unspecified atom stereocenters. The van der Waals surface area contributed by atoms with Crippen molar-refractivity contribution >= 4 is 5.91 Å². The van der Waals surface area contributed by atoms with Crippen molar-refractivity contribution in [1.82, 2.24) is 4.90 Å². The number of fused-ring (bicyclic) bond motifs is 1. The van der Waals surface area contributed by atoms with E-state index >= 15 is 0 Å². The number of hydrogen-bond donors (Lipinski definition) is 1. The number of nitrogens with zero attached hydrogens (tertiary/aromatic N) is 1. The highest BCUT2D eigenvalue weighted by Crippen LogP contribution is 2.39. The monoisotopic (exact) mass is 330 g/mol. The number of likely N-dealkylation sites (tertiary alicyclic amines) is 1. The second kappa shape index (κ2) is 5.92. The van der Waals surface area contributed by atoms with Gasteiger partial charge in [0.25, 0.3) is 0 Å². The summed E-state index contributed by atoms with van der Waals surface area (Å²) in [7, 11) is 0. The van der Waals surface area contributed by atoms with Crippen LogP contribution < -0.4 is 15.2 Å². The number of primary amides is 1. The highest BCUT2D eigenvalue weighted by atomic mass is 19.4. The van der Waals surface area contributed by atoms with Crippen LogP contribution in [0.15, 0.2) is 18.2 Å². The van der Waals surface area contributed by atoms with Gasteiger partial charge in [-0.1, -0.05) is 0 Å². The SMILES string of the molecule is NC(=O)c1ccc2c(c1)OC(C1CCN(CC(F)(F)F)CC1)O2. The second-order valence-electron chi connectivity index (χ2n) is 5.86. The van der Waals surface area contributed by atoms with Gasteiger partial charge in [-0.15, -0.1) is 0 Å². The van der Waals surface area contributed by atoms with E-state index in [1.807, 2.05) is 0 Å². The third kappa shape index (κ3) is 3.69. The van der Waals surface area contributed by atoms with Crippen molar-refractivity contribution in [3.63, 3.8) is 0 Å². The van der Waals surface area contributed by atoms with Crippen molar-refractivity contribution in [2.24, 2.45) is 11.7 Å². The molecule has 1 amide bonds. The summed E-state index contributed by atoms with van der Waals surface area (Å²) in [6, 6.07) is 4.70. The second-order valence-corrected chi connectivity index (χ2v) is 5.86. The van der Waals surface area contributed by atoms with Crippen molar-refractivity contribution in [1.29, 1.82) is 0 Å². The Balaban J connectivity index is 1.57. The van der Waals surface area contributed by atoms with E-state index in [9.17, 15) is 18.0 Å². The lowest BCUT2D eigenvalue weighted by molar-refractivity contribution is -0.150. The van der Waals surface area contributed by atoms with E-state index < -0.39 is 24.9 Å². The summed E-state index contributed by atoms with van der Waals surface area (Å²) in [6.07, 6.45) is -3.56. The van der Waals surface area contributed by atoms with Gasteiger partial charge in [-0.25, -0.2) is 0 Å². The molecule has 2 aliphatic heterocycles. The molecule has 1 fully saturated rings. The molecule has 3 rings (SSSR count). The smallest absolute Gasteiger partial charge is 0.401 e. The van der Waals surface area contributed by atoms with Crippen LogP contribution in [0.25, 0.3) is 0 Å². The summed E-state index contributed by atoms with van der Waals surface area (Å²) in [5.41, 5.74) is 5.55. The number of carbonyl (C=O) groups is 1. The lowest BCUT2D eigenvalue weighted by atomic mass is 9.96. The lowest BCUT2D eigenvalue weighted by Crippen LogP contribution is -2.43. The number of amides is 1. The molecule has 2 aliphatic rings. The predicted octanol–water partition coefficient (Wildman–Crippen LogP) is 2.16. The van der Waals surface area contributed by atoms with Crippen LogP contribution in [0.1, 0.15) is 23.2 Å². The Hall–Kier alpha value is -1.96. The van der Waals surface area contributed by atoms with Gasteiger partial charge in [0.2, 0.25) is 12.2 Å². The zero-order chi connectivity index (χ0) is 16.6. The van der Waals surface area contributed by atoms with Gasteiger partial charge < -0.3 is 15.2 Å². The van der Waals surface area contributed by atoms with Crippen LogP contribution >= 0.6 is 0 Å². The van der Waals surface area contributed by atoms with Crippen molar-refractivity contribution in [3.05, 3.63) is 23.8 Å². The first kappa shape index (κ1) is 15.9. The van der Waals surface area contributed by atoms with Crippen molar-refractivity contribution < 1.29 is 27.4 Å². The van der Waals surface area contributed by atoms with Crippen molar-refractivity contribution in [2.75, 3.05) is 19.6 Å². The molecule has 1 aromatic rings. The van der Waals surface area contributed by atoms with E-state index in [4.69, 9.17) is 15.2 Å². The van der Waals surface area contributed by atoms with Crippen LogP contribution in [0.4, 0.5) is 13.2 Å². The average Bonchev–Trinajstić information content (AvgIpc) is 2.89. The number of alkyl halides is 3. The number of ether oxygens (including phenoxy) is 2. The normalized spacial score (nSPS) is 22.3. The largest absolute Gasteiger partial charge is 0.451 e. The summed E-state index contributed by atoms with van der Waals surface area (Å²) in [5.74, 6) is 0.436. The molecule has 1 atom stereocenters. The number of hydrogen-bond acceptors (Lipinski definition) is 4. The van der Waals surface area contributed by atoms with Gasteiger partial charge in [-0.3, -0.25) is 9.69 Å². The molecule has 1 saturated heterocycles. The zero-order valence-electron chi connectivity index (χ0n) is 12.3. The van der Waals surface area contributed by atoms with Crippen molar-refractivity contribution in [2.45, 2.75) is 25.3 Å². The van der Waals surface area contributed by atoms with E-state index in [-0.39, 0.29) is 5.92 Å². The molecule has 23 heavy (non-hydrogen) atoms. The Morgan fingerprint density at radius 3 is 2.48 bits per heavy atom. The maximum atomic E-state index is 12.4. The molecule has 2 heterocycles. The molecule has 0 aromatic heterocycles. The van der Waals surface area contributed by atoms with Crippen LogP contribution in [-0.2, 0) is 0 Å². The Bertz CT molecular complexity index is 598. The number of piperidine rings is 1. The summed E-state index contributed by atoms with van der Waals surface area (Å²) in [6.45, 7) is -0.166. The molecule has 8 heteroatoms.